The Labute approximate surface area is 194 Å². The number of carbonyl (C=O) groups excluding carboxylic acids is 1. The number of rotatable bonds is 5. The molecule has 5 rings (SSSR count). The van der Waals surface area contributed by atoms with Gasteiger partial charge >= 0.3 is 0 Å². The first kappa shape index (κ1) is 21.7. The minimum absolute atomic E-state index is 0.0223. The number of aromatic nitrogens is 4. The molecule has 2 fully saturated rings. The SMILES string of the molecule is CC(C)c1cc(C(=O)N2CCC[C@]23CCCN(c2ccc(Cn4cncn4)cc2)CC3)no1. The molecular formula is C25H32N6O2. The molecule has 2 aliphatic heterocycles. The van der Waals surface area contributed by atoms with Gasteiger partial charge in [0.25, 0.3) is 5.91 Å². The Hall–Kier alpha value is -3.16. The van der Waals surface area contributed by atoms with Crippen LogP contribution in [0.1, 0.15) is 73.7 Å². The zero-order valence-electron chi connectivity index (χ0n) is 19.5. The van der Waals surface area contributed by atoms with Gasteiger partial charge in [0, 0.05) is 42.8 Å². The molecule has 0 saturated carbocycles. The van der Waals surface area contributed by atoms with Gasteiger partial charge in [0.1, 0.15) is 18.4 Å². The predicted octanol–water partition coefficient (Wildman–Crippen LogP) is 4.10. The molecule has 8 heteroatoms. The van der Waals surface area contributed by atoms with Gasteiger partial charge in [-0.15, -0.1) is 0 Å². The normalized spacial score (nSPS) is 21.2. The van der Waals surface area contributed by atoms with Crippen molar-refractivity contribution in [1.29, 1.82) is 0 Å². The molecule has 0 unspecified atom stereocenters. The molecular weight excluding hydrogens is 416 g/mol. The van der Waals surface area contributed by atoms with Crippen molar-refractivity contribution in [2.75, 3.05) is 24.5 Å². The van der Waals surface area contributed by atoms with E-state index >= 15 is 0 Å². The first-order valence-corrected chi connectivity index (χ1v) is 12.0. The topological polar surface area (TPSA) is 80.3 Å². The smallest absolute Gasteiger partial charge is 0.276 e. The van der Waals surface area contributed by atoms with Crippen molar-refractivity contribution in [1.82, 2.24) is 24.8 Å². The summed E-state index contributed by atoms with van der Waals surface area (Å²) in [5.74, 6) is 1.01. The highest BCUT2D eigenvalue weighted by Gasteiger charge is 2.45. The molecule has 4 heterocycles. The van der Waals surface area contributed by atoms with Crippen molar-refractivity contribution in [3.05, 3.63) is 60.0 Å². The molecule has 0 radical (unpaired) electrons. The molecule has 3 aromatic rings. The largest absolute Gasteiger partial charge is 0.371 e. The summed E-state index contributed by atoms with van der Waals surface area (Å²) >= 11 is 0. The lowest BCUT2D eigenvalue weighted by atomic mass is 9.87. The van der Waals surface area contributed by atoms with E-state index in [0.717, 1.165) is 64.0 Å². The molecule has 33 heavy (non-hydrogen) atoms. The van der Waals surface area contributed by atoms with Crippen molar-refractivity contribution in [2.45, 2.75) is 64.0 Å². The van der Waals surface area contributed by atoms with Crippen molar-refractivity contribution in [3.63, 3.8) is 0 Å². The molecule has 0 N–H and O–H groups in total. The van der Waals surface area contributed by atoms with Gasteiger partial charge in [-0.3, -0.25) is 4.79 Å². The van der Waals surface area contributed by atoms with Crippen LogP contribution in [0.2, 0.25) is 0 Å². The van der Waals surface area contributed by atoms with Crippen LogP contribution in [0.3, 0.4) is 0 Å². The van der Waals surface area contributed by atoms with E-state index in [2.05, 4.69) is 49.3 Å². The summed E-state index contributed by atoms with van der Waals surface area (Å²) in [5.41, 5.74) is 2.82. The van der Waals surface area contributed by atoms with Crippen LogP contribution in [-0.2, 0) is 6.54 Å². The highest BCUT2D eigenvalue weighted by Crippen LogP contribution is 2.40. The summed E-state index contributed by atoms with van der Waals surface area (Å²) in [5, 5.41) is 8.28. The van der Waals surface area contributed by atoms with Gasteiger partial charge in [-0.05, 0) is 49.8 Å². The summed E-state index contributed by atoms with van der Waals surface area (Å²) in [7, 11) is 0. The van der Waals surface area contributed by atoms with Crippen LogP contribution in [0.5, 0.6) is 0 Å². The van der Waals surface area contributed by atoms with Crippen LogP contribution in [-0.4, -0.2) is 55.9 Å². The fourth-order valence-electron chi connectivity index (χ4n) is 5.33. The van der Waals surface area contributed by atoms with Crippen molar-refractivity contribution in [2.24, 2.45) is 0 Å². The van der Waals surface area contributed by atoms with Gasteiger partial charge in [-0.2, -0.15) is 5.10 Å². The highest BCUT2D eigenvalue weighted by molar-refractivity contribution is 5.93. The van der Waals surface area contributed by atoms with E-state index in [1.54, 1.807) is 12.7 Å². The lowest BCUT2D eigenvalue weighted by Gasteiger charge is -2.37. The van der Waals surface area contributed by atoms with E-state index in [1.165, 1.54) is 11.3 Å². The minimum Gasteiger partial charge on any atom is -0.371 e. The molecule has 1 aromatic carbocycles. The van der Waals surface area contributed by atoms with Crippen molar-refractivity contribution < 1.29 is 9.32 Å². The zero-order valence-corrected chi connectivity index (χ0v) is 19.5. The molecule has 1 atom stereocenters. The number of carbonyl (C=O) groups is 1. The quantitative estimate of drug-likeness (QED) is 0.585. The lowest BCUT2D eigenvalue weighted by Crippen LogP contribution is -2.48. The number of amides is 1. The van der Waals surface area contributed by atoms with Crippen LogP contribution < -0.4 is 4.90 Å². The second kappa shape index (κ2) is 9.00. The number of anilines is 1. The molecule has 2 saturated heterocycles. The summed E-state index contributed by atoms with van der Waals surface area (Å²) in [4.78, 5) is 21.9. The molecule has 0 aliphatic carbocycles. The third kappa shape index (κ3) is 4.38. The van der Waals surface area contributed by atoms with Gasteiger partial charge < -0.3 is 14.3 Å². The Morgan fingerprint density at radius 2 is 1.88 bits per heavy atom. The highest BCUT2D eigenvalue weighted by atomic mass is 16.5. The molecule has 0 bridgehead atoms. The monoisotopic (exact) mass is 448 g/mol. The summed E-state index contributed by atoms with van der Waals surface area (Å²) in [6.45, 7) is 7.58. The number of hydrogen-bond donors (Lipinski definition) is 0. The van der Waals surface area contributed by atoms with Crippen LogP contribution in [0.25, 0.3) is 0 Å². The summed E-state index contributed by atoms with van der Waals surface area (Å²) in [6, 6.07) is 10.6. The zero-order chi connectivity index (χ0) is 22.8. The average Bonchev–Trinajstić information content (AvgIpc) is 3.55. The van der Waals surface area contributed by atoms with Gasteiger partial charge in [0.2, 0.25) is 0 Å². The van der Waals surface area contributed by atoms with Gasteiger partial charge in [0.05, 0.1) is 6.54 Å². The summed E-state index contributed by atoms with van der Waals surface area (Å²) < 4.78 is 7.24. The number of nitrogens with zero attached hydrogens (tertiary/aromatic N) is 6. The molecule has 1 spiro atoms. The third-order valence-corrected chi connectivity index (χ3v) is 7.19. The Balaban J connectivity index is 1.27. The van der Waals surface area contributed by atoms with Crippen LogP contribution >= 0.6 is 0 Å². The maximum atomic E-state index is 13.4. The Morgan fingerprint density at radius 3 is 2.58 bits per heavy atom. The fourth-order valence-corrected chi connectivity index (χ4v) is 5.33. The maximum absolute atomic E-state index is 13.4. The van der Waals surface area contributed by atoms with Crippen LogP contribution in [0.15, 0.2) is 47.5 Å². The second-order valence-corrected chi connectivity index (χ2v) is 9.65. The Kier molecular flexibility index (Phi) is 5.91. The average molecular weight is 449 g/mol. The minimum atomic E-state index is -0.0736. The third-order valence-electron chi connectivity index (χ3n) is 7.19. The lowest BCUT2D eigenvalue weighted by molar-refractivity contribution is 0.0555. The fraction of sp³-hybridized carbons (Fsp3) is 0.520. The summed E-state index contributed by atoms with van der Waals surface area (Å²) in [6.07, 6.45) is 8.50. The van der Waals surface area contributed by atoms with E-state index in [-0.39, 0.29) is 17.4 Å². The Morgan fingerprint density at radius 1 is 1.09 bits per heavy atom. The number of benzene rings is 1. The first-order chi connectivity index (χ1) is 16.0. The van der Waals surface area contributed by atoms with Gasteiger partial charge in [-0.1, -0.05) is 31.1 Å². The van der Waals surface area contributed by atoms with E-state index in [4.69, 9.17) is 4.52 Å². The van der Waals surface area contributed by atoms with E-state index in [1.807, 2.05) is 24.6 Å². The van der Waals surface area contributed by atoms with E-state index in [0.29, 0.717) is 5.69 Å². The molecule has 2 aliphatic rings. The van der Waals surface area contributed by atoms with Crippen molar-refractivity contribution in [3.8, 4) is 0 Å². The first-order valence-electron chi connectivity index (χ1n) is 12.0. The van der Waals surface area contributed by atoms with E-state index in [9.17, 15) is 4.79 Å². The number of hydrogen-bond acceptors (Lipinski definition) is 6. The molecule has 174 valence electrons. The second-order valence-electron chi connectivity index (χ2n) is 9.65. The van der Waals surface area contributed by atoms with E-state index < -0.39 is 0 Å². The Bertz CT molecular complexity index is 1070. The predicted molar refractivity (Wildman–Crippen MR) is 125 cm³/mol. The van der Waals surface area contributed by atoms with Gasteiger partial charge in [0.15, 0.2) is 5.69 Å². The van der Waals surface area contributed by atoms with Crippen LogP contribution in [0, 0.1) is 0 Å². The molecule has 1 amide bonds. The standard InChI is InChI=1S/C25H32N6O2/c1-19(2)23-15-22(28-33-23)24(32)31-13-4-10-25(31)9-3-12-29(14-11-25)21-7-5-20(6-8-21)16-30-18-26-17-27-30/h5-8,15,17-19H,3-4,9-14,16H2,1-2H3/t25-/m0/s1. The number of likely N-dealkylation sites (tertiary alicyclic amines) is 1. The maximum Gasteiger partial charge on any atom is 0.276 e. The van der Waals surface area contributed by atoms with Crippen molar-refractivity contribution >= 4 is 11.6 Å². The molecule has 8 nitrogen and oxygen atoms in total. The molecule has 2 aromatic heterocycles. The van der Waals surface area contributed by atoms with Crippen LogP contribution in [0.4, 0.5) is 5.69 Å². The van der Waals surface area contributed by atoms with Gasteiger partial charge in [-0.25, -0.2) is 9.67 Å².